The molecule has 1 atom stereocenters. The molecule has 16 heavy (non-hydrogen) atoms. The first-order valence-electron chi connectivity index (χ1n) is 4.57. The molecule has 1 rings (SSSR count). The Hall–Kier alpha value is -1.07. The van der Waals surface area contributed by atoms with Crippen LogP contribution in [-0.2, 0) is 10.8 Å². The zero-order valence-corrected chi connectivity index (χ0v) is 10.4. The highest BCUT2D eigenvalue weighted by atomic mass is 35.5. The molecule has 4 nitrogen and oxygen atoms in total. The highest BCUT2D eigenvalue weighted by Crippen LogP contribution is 2.29. The number of carboxylic acids is 1. The van der Waals surface area contributed by atoms with Crippen LogP contribution >= 0.6 is 11.6 Å². The number of carboxylic acid groups (broad SMARTS) is 1. The molecule has 0 heterocycles. The minimum Gasteiger partial charge on any atom is -0.478 e. The smallest absolute Gasteiger partial charge is 0.335 e. The van der Waals surface area contributed by atoms with E-state index in [1.165, 1.54) is 12.1 Å². The zero-order valence-electron chi connectivity index (χ0n) is 8.86. The lowest BCUT2D eigenvalue weighted by atomic mass is 10.2. The first-order chi connectivity index (χ1) is 7.34. The van der Waals surface area contributed by atoms with E-state index < -0.39 is 16.8 Å². The fourth-order valence-electron chi connectivity index (χ4n) is 1.14. The lowest BCUT2D eigenvalue weighted by Gasteiger charge is -2.10. The third kappa shape index (κ3) is 2.54. The second kappa shape index (κ2) is 4.84. The molecule has 0 radical (unpaired) electrons. The van der Waals surface area contributed by atoms with Gasteiger partial charge in [-0.15, -0.1) is 0 Å². The summed E-state index contributed by atoms with van der Waals surface area (Å²) >= 11 is 5.90. The molecule has 0 spiro atoms. The van der Waals surface area contributed by atoms with Gasteiger partial charge < -0.3 is 10.8 Å². The molecule has 0 saturated carbocycles. The number of nitrogens with two attached hydrogens (primary N) is 1. The molecule has 0 amide bonds. The largest absolute Gasteiger partial charge is 0.478 e. The van der Waals surface area contributed by atoms with Crippen molar-refractivity contribution in [2.75, 3.05) is 5.73 Å². The average Bonchev–Trinajstić information content (AvgIpc) is 2.20. The molecule has 1 aromatic carbocycles. The SMILES string of the molecule is CC(C)S(=O)c1cc(C(=O)O)cc(N)c1Cl. The highest BCUT2D eigenvalue weighted by Gasteiger charge is 2.17. The van der Waals surface area contributed by atoms with Gasteiger partial charge in [-0.05, 0) is 12.1 Å². The molecule has 1 unspecified atom stereocenters. The van der Waals surface area contributed by atoms with Crippen LogP contribution in [0.5, 0.6) is 0 Å². The van der Waals surface area contributed by atoms with Crippen LogP contribution in [0.4, 0.5) is 5.69 Å². The van der Waals surface area contributed by atoms with Gasteiger partial charge in [0.1, 0.15) is 0 Å². The lowest BCUT2D eigenvalue weighted by Crippen LogP contribution is -2.09. The Morgan fingerprint density at radius 2 is 2.06 bits per heavy atom. The van der Waals surface area contributed by atoms with Crippen molar-refractivity contribution in [2.24, 2.45) is 0 Å². The average molecular weight is 262 g/mol. The van der Waals surface area contributed by atoms with Crippen molar-refractivity contribution < 1.29 is 14.1 Å². The van der Waals surface area contributed by atoms with E-state index in [4.69, 9.17) is 22.4 Å². The van der Waals surface area contributed by atoms with Gasteiger partial charge in [0, 0.05) is 5.25 Å². The number of hydrogen-bond acceptors (Lipinski definition) is 3. The van der Waals surface area contributed by atoms with Crippen LogP contribution in [0.25, 0.3) is 0 Å². The molecule has 0 fully saturated rings. The van der Waals surface area contributed by atoms with Crippen molar-refractivity contribution >= 4 is 34.1 Å². The van der Waals surface area contributed by atoms with E-state index in [9.17, 15) is 9.00 Å². The van der Waals surface area contributed by atoms with Gasteiger partial charge in [0.15, 0.2) is 0 Å². The Bertz CT molecular complexity index is 460. The molecular weight excluding hydrogens is 250 g/mol. The minimum atomic E-state index is -1.36. The van der Waals surface area contributed by atoms with E-state index in [0.717, 1.165) is 0 Å². The van der Waals surface area contributed by atoms with Crippen molar-refractivity contribution in [3.05, 3.63) is 22.7 Å². The van der Waals surface area contributed by atoms with E-state index >= 15 is 0 Å². The summed E-state index contributed by atoms with van der Waals surface area (Å²) in [5, 5.41) is 8.86. The summed E-state index contributed by atoms with van der Waals surface area (Å²) in [5.74, 6) is -1.12. The molecule has 88 valence electrons. The van der Waals surface area contributed by atoms with Crippen LogP contribution in [0.2, 0.25) is 5.02 Å². The van der Waals surface area contributed by atoms with Crippen LogP contribution in [0.1, 0.15) is 24.2 Å². The summed E-state index contributed by atoms with van der Waals surface area (Å²) in [4.78, 5) is 11.1. The summed E-state index contributed by atoms with van der Waals surface area (Å²) in [6.45, 7) is 3.52. The predicted octanol–water partition coefficient (Wildman–Crippen LogP) is 2.14. The number of hydrogen-bond donors (Lipinski definition) is 2. The fraction of sp³-hybridized carbons (Fsp3) is 0.300. The van der Waals surface area contributed by atoms with Crippen LogP contribution in [0.15, 0.2) is 17.0 Å². The predicted molar refractivity (Wildman–Crippen MR) is 64.4 cm³/mol. The Balaban J connectivity index is 3.38. The molecule has 3 N–H and O–H groups in total. The molecule has 0 bridgehead atoms. The Morgan fingerprint density at radius 3 is 2.50 bits per heavy atom. The fourth-order valence-corrected chi connectivity index (χ4v) is 2.53. The minimum absolute atomic E-state index is 0.00843. The van der Waals surface area contributed by atoms with E-state index in [-0.39, 0.29) is 26.4 Å². The topological polar surface area (TPSA) is 80.4 Å². The van der Waals surface area contributed by atoms with E-state index in [1.54, 1.807) is 13.8 Å². The monoisotopic (exact) mass is 261 g/mol. The second-order valence-electron chi connectivity index (χ2n) is 3.53. The highest BCUT2D eigenvalue weighted by molar-refractivity contribution is 7.85. The van der Waals surface area contributed by atoms with Gasteiger partial charge in [-0.1, -0.05) is 25.4 Å². The molecule has 6 heteroatoms. The van der Waals surface area contributed by atoms with Gasteiger partial charge in [-0.25, -0.2) is 4.79 Å². The van der Waals surface area contributed by atoms with Crippen molar-refractivity contribution in [3.63, 3.8) is 0 Å². The van der Waals surface area contributed by atoms with Gasteiger partial charge >= 0.3 is 5.97 Å². The quantitative estimate of drug-likeness (QED) is 0.817. The van der Waals surface area contributed by atoms with Gasteiger partial charge in [-0.2, -0.15) is 0 Å². The second-order valence-corrected chi connectivity index (χ2v) is 5.88. The van der Waals surface area contributed by atoms with Crippen LogP contribution in [0.3, 0.4) is 0 Å². The molecule has 0 aliphatic rings. The maximum Gasteiger partial charge on any atom is 0.335 e. The third-order valence-corrected chi connectivity index (χ3v) is 4.10. The normalized spacial score (nSPS) is 12.8. The van der Waals surface area contributed by atoms with Gasteiger partial charge in [-0.3, -0.25) is 4.21 Å². The molecular formula is C10H12ClNO3S. The first kappa shape index (κ1) is 13.0. The maximum atomic E-state index is 11.9. The zero-order chi connectivity index (χ0) is 12.5. The number of nitrogen functional groups attached to an aromatic ring is 1. The lowest BCUT2D eigenvalue weighted by molar-refractivity contribution is 0.0696. The van der Waals surface area contributed by atoms with Crippen molar-refractivity contribution in [1.82, 2.24) is 0 Å². The van der Waals surface area contributed by atoms with Crippen LogP contribution in [-0.4, -0.2) is 20.5 Å². The maximum absolute atomic E-state index is 11.9. The summed E-state index contributed by atoms with van der Waals surface area (Å²) in [5.41, 5.74) is 5.69. The number of anilines is 1. The van der Waals surface area contributed by atoms with Gasteiger partial charge in [0.2, 0.25) is 0 Å². The third-order valence-electron chi connectivity index (χ3n) is 1.96. The van der Waals surface area contributed by atoms with Crippen molar-refractivity contribution in [3.8, 4) is 0 Å². The van der Waals surface area contributed by atoms with E-state index in [0.29, 0.717) is 0 Å². The molecule has 0 aliphatic heterocycles. The van der Waals surface area contributed by atoms with Crippen LogP contribution < -0.4 is 5.73 Å². The van der Waals surface area contributed by atoms with Crippen molar-refractivity contribution in [2.45, 2.75) is 24.0 Å². The number of aromatic carboxylic acids is 1. The van der Waals surface area contributed by atoms with E-state index in [2.05, 4.69) is 0 Å². The Kier molecular flexibility index (Phi) is 3.93. The first-order valence-corrected chi connectivity index (χ1v) is 6.16. The molecule has 0 saturated heterocycles. The summed E-state index contributed by atoms with van der Waals surface area (Å²) in [6.07, 6.45) is 0. The number of benzene rings is 1. The molecule has 0 aliphatic carbocycles. The Morgan fingerprint density at radius 1 is 1.50 bits per heavy atom. The number of halogens is 1. The summed E-state index contributed by atoms with van der Waals surface area (Å²) < 4.78 is 11.9. The van der Waals surface area contributed by atoms with Crippen molar-refractivity contribution in [1.29, 1.82) is 0 Å². The van der Waals surface area contributed by atoms with Gasteiger partial charge in [0.05, 0.1) is 32.0 Å². The van der Waals surface area contributed by atoms with E-state index in [1.807, 2.05) is 0 Å². The molecule has 1 aromatic rings. The standard InChI is InChI=1S/C10H12ClNO3S/c1-5(2)16(15)8-4-6(10(13)14)3-7(12)9(8)11/h3-5H,12H2,1-2H3,(H,13,14). The van der Waals surface area contributed by atoms with Gasteiger partial charge in [0.25, 0.3) is 0 Å². The van der Waals surface area contributed by atoms with Crippen LogP contribution in [0, 0.1) is 0 Å². The summed E-state index contributed by atoms with van der Waals surface area (Å²) in [7, 11) is -1.36. The number of rotatable bonds is 3. The Labute approximate surface area is 101 Å². The molecule has 0 aromatic heterocycles. The number of carbonyl (C=O) groups is 1. The summed E-state index contributed by atoms with van der Waals surface area (Å²) in [6, 6.07) is 2.56.